The zero-order valence-electron chi connectivity index (χ0n) is 13.4. The fraction of sp³-hybridized carbons (Fsp3) is 0.389. The molecule has 0 saturated carbocycles. The second kappa shape index (κ2) is 6.77. The lowest BCUT2D eigenvalue weighted by atomic mass is 9.85. The predicted molar refractivity (Wildman–Crippen MR) is 91.5 cm³/mol. The van der Waals surface area contributed by atoms with Gasteiger partial charge >= 0.3 is 0 Å². The average Bonchev–Trinajstić information content (AvgIpc) is 2.81. The Balaban J connectivity index is 1.59. The molecule has 0 unspecified atom stereocenters. The van der Waals surface area contributed by atoms with Crippen molar-refractivity contribution in [3.63, 3.8) is 0 Å². The Morgan fingerprint density at radius 3 is 2.46 bits per heavy atom. The predicted octanol–water partition coefficient (Wildman–Crippen LogP) is 2.93. The lowest BCUT2D eigenvalue weighted by molar-refractivity contribution is -0.140. The molecule has 1 fully saturated rings. The van der Waals surface area contributed by atoms with Crippen LogP contribution in [0.25, 0.3) is 0 Å². The zero-order valence-corrected chi connectivity index (χ0v) is 14.2. The molecule has 6 heteroatoms. The van der Waals surface area contributed by atoms with Gasteiger partial charge in [0.15, 0.2) is 0 Å². The van der Waals surface area contributed by atoms with Crippen LogP contribution >= 0.6 is 11.6 Å². The van der Waals surface area contributed by atoms with E-state index in [1.54, 1.807) is 12.1 Å². The van der Waals surface area contributed by atoms with Crippen molar-refractivity contribution in [2.45, 2.75) is 26.2 Å². The van der Waals surface area contributed by atoms with Crippen LogP contribution < -0.4 is 5.32 Å². The van der Waals surface area contributed by atoms with E-state index in [0.29, 0.717) is 23.6 Å². The number of imide groups is 1. The standard InChI is InChI=1S/C18H19ClN2O3/c1-11-6-7-12(19)10-15(11)20-16(22)8-9-21-17(23)13-4-2-3-5-14(13)18(21)24/h2-3,6-7,10,13-14H,4-5,8-9H2,1H3,(H,20,22)/t13-,14-/m1/s1. The van der Waals surface area contributed by atoms with Crippen LogP contribution in [0.5, 0.6) is 0 Å². The Morgan fingerprint density at radius 1 is 1.21 bits per heavy atom. The normalized spacial score (nSPS) is 22.7. The van der Waals surface area contributed by atoms with E-state index in [2.05, 4.69) is 5.32 Å². The molecule has 1 saturated heterocycles. The molecule has 2 aliphatic rings. The number of nitrogens with zero attached hydrogens (tertiary/aromatic N) is 1. The van der Waals surface area contributed by atoms with Crippen molar-refractivity contribution in [1.82, 2.24) is 4.90 Å². The minimum absolute atomic E-state index is 0.0797. The molecular weight excluding hydrogens is 328 g/mol. The van der Waals surface area contributed by atoms with Gasteiger partial charge in [-0.3, -0.25) is 19.3 Å². The van der Waals surface area contributed by atoms with E-state index in [1.165, 1.54) is 4.90 Å². The van der Waals surface area contributed by atoms with Gasteiger partial charge in [0, 0.05) is 23.7 Å². The maximum atomic E-state index is 12.3. The van der Waals surface area contributed by atoms with Crippen LogP contribution in [-0.2, 0) is 14.4 Å². The number of hydrogen-bond donors (Lipinski definition) is 1. The number of rotatable bonds is 4. The maximum Gasteiger partial charge on any atom is 0.233 e. The third kappa shape index (κ3) is 3.22. The van der Waals surface area contributed by atoms with Gasteiger partial charge in [-0.05, 0) is 37.5 Å². The van der Waals surface area contributed by atoms with Gasteiger partial charge < -0.3 is 5.32 Å². The molecule has 1 aromatic rings. The number of hydrogen-bond acceptors (Lipinski definition) is 3. The van der Waals surface area contributed by atoms with Crippen molar-refractivity contribution in [2.75, 3.05) is 11.9 Å². The SMILES string of the molecule is Cc1ccc(Cl)cc1NC(=O)CCN1C(=O)[C@@H]2CC=CC[C@H]2C1=O. The van der Waals surface area contributed by atoms with Crippen LogP contribution in [0.15, 0.2) is 30.4 Å². The lowest BCUT2D eigenvalue weighted by Crippen LogP contribution is -2.34. The van der Waals surface area contributed by atoms with E-state index in [4.69, 9.17) is 11.6 Å². The topological polar surface area (TPSA) is 66.5 Å². The molecule has 0 spiro atoms. The highest BCUT2D eigenvalue weighted by molar-refractivity contribution is 6.31. The summed E-state index contributed by atoms with van der Waals surface area (Å²) >= 11 is 5.93. The largest absolute Gasteiger partial charge is 0.326 e. The highest BCUT2D eigenvalue weighted by Crippen LogP contribution is 2.35. The van der Waals surface area contributed by atoms with Crippen LogP contribution in [0.3, 0.4) is 0 Å². The number of aryl methyl sites for hydroxylation is 1. The molecule has 5 nitrogen and oxygen atoms in total. The van der Waals surface area contributed by atoms with Gasteiger partial charge in [-0.2, -0.15) is 0 Å². The van der Waals surface area contributed by atoms with Gasteiger partial charge in [-0.25, -0.2) is 0 Å². The molecular formula is C18H19ClN2O3. The molecule has 24 heavy (non-hydrogen) atoms. The minimum atomic E-state index is -0.249. The lowest BCUT2D eigenvalue weighted by Gasteiger charge is -2.15. The third-order valence-electron chi connectivity index (χ3n) is 4.64. The van der Waals surface area contributed by atoms with Gasteiger partial charge in [0.05, 0.1) is 11.8 Å². The van der Waals surface area contributed by atoms with Gasteiger partial charge in [0.25, 0.3) is 0 Å². The monoisotopic (exact) mass is 346 g/mol. The summed E-state index contributed by atoms with van der Waals surface area (Å²) < 4.78 is 0. The Bertz CT molecular complexity index is 703. The first-order valence-electron chi connectivity index (χ1n) is 8.03. The number of fused-ring (bicyclic) bond motifs is 1. The number of amides is 3. The summed E-state index contributed by atoms with van der Waals surface area (Å²) in [6, 6.07) is 5.26. The molecule has 2 atom stereocenters. The van der Waals surface area contributed by atoms with Gasteiger partial charge in [-0.1, -0.05) is 29.8 Å². The zero-order chi connectivity index (χ0) is 17.3. The Kier molecular flexibility index (Phi) is 4.71. The molecule has 1 aliphatic heterocycles. The third-order valence-corrected chi connectivity index (χ3v) is 4.87. The maximum absolute atomic E-state index is 12.3. The van der Waals surface area contributed by atoms with E-state index in [-0.39, 0.29) is 42.5 Å². The highest BCUT2D eigenvalue weighted by Gasteiger charge is 2.46. The molecule has 1 N–H and O–H groups in total. The van der Waals surface area contributed by atoms with Crippen molar-refractivity contribution in [3.8, 4) is 0 Å². The van der Waals surface area contributed by atoms with Crippen molar-refractivity contribution >= 4 is 35.0 Å². The molecule has 3 amide bonds. The highest BCUT2D eigenvalue weighted by atomic mass is 35.5. The molecule has 1 aromatic carbocycles. The van der Waals surface area contributed by atoms with E-state index >= 15 is 0 Å². The number of halogens is 1. The number of benzene rings is 1. The summed E-state index contributed by atoms with van der Waals surface area (Å²) in [4.78, 5) is 38.1. The van der Waals surface area contributed by atoms with E-state index in [1.807, 2.05) is 25.1 Å². The minimum Gasteiger partial charge on any atom is -0.326 e. The summed E-state index contributed by atoms with van der Waals surface area (Å²) in [5.41, 5.74) is 1.54. The molecule has 0 bridgehead atoms. The molecule has 1 aliphatic carbocycles. The Labute approximate surface area is 145 Å². The fourth-order valence-electron chi connectivity index (χ4n) is 3.24. The van der Waals surface area contributed by atoms with E-state index in [0.717, 1.165) is 5.56 Å². The Hall–Kier alpha value is -2.14. The molecule has 126 valence electrons. The molecule has 3 rings (SSSR count). The number of allylic oxidation sites excluding steroid dienone is 2. The fourth-order valence-corrected chi connectivity index (χ4v) is 3.42. The second-order valence-electron chi connectivity index (χ2n) is 6.24. The van der Waals surface area contributed by atoms with Crippen LogP contribution in [-0.4, -0.2) is 29.2 Å². The van der Waals surface area contributed by atoms with Gasteiger partial charge in [-0.15, -0.1) is 0 Å². The smallest absolute Gasteiger partial charge is 0.233 e. The van der Waals surface area contributed by atoms with Crippen molar-refractivity contribution < 1.29 is 14.4 Å². The summed E-state index contributed by atoms with van der Waals surface area (Å²) in [5.74, 6) is -1.04. The first-order valence-corrected chi connectivity index (χ1v) is 8.41. The van der Waals surface area contributed by atoms with Crippen LogP contribution in [0, 0.1) is 18.8 Å². The van der Waals surface area contributed by atoms with Crippen molar-refractivity contribution in [3.05, 3.63) is 40.9 Å². The van der Waals surface area contributed by atoms with Crippen LogP contribution in [0.4, 0.5) is 5.69 Å². The van der Waals surface area contributed by atoms with E-state index < -0.39 is 0 Å². The first kappa shape index (κ1) is 16.7. The Morgan fingerprint density at radius 2 is 1.83 bits per heavy atom. The molecule has 1 heterocycles. The summed E-state index contributed by atoms with van der Waals surface area (Å²) in [6.07, 6.45) is 5.20. The number of anilines is 1. The van der Waals surface area contributed by atoms with Crippen molar-refractivity contribution in [2.24, 2.45) is 11.8 Å². The van der Waals surface area contributed by atoms with Crippen molar-refractivity contribution in [1.29, 1.82) is 0 Å². The number of nitrogens with one attached hydrogen (secondary N) is 1. The summed E-state index contributed by atoms with van der Waals surface area (Å²) in [7, 11) is 0. The quantitative estimate of drug-likeness (QED) is 0.673. The second-order valence-corrected chi connectivity index (χ2v) is 6.68. The van der Waals surface area contributed by atoms with Gasteiger partial charge in [0.2, 0.25) is 17.7 Å². The first-order chi connectivity index (χ1) is 11.5. The molecule has 0 aromatic heterocycles. The van der Waals surface area contributed by atoms with E-state index in [9.17, 15) is 14.4 Å². The van der Waals surface area contributed by atoms with Crippen LogP contribution in [0.2, 0.25) is 5.02 Å². The van der Waals surface area contributed by atoms with Gasteiger partial charge in [0.1, 0.15) is 0 Å². The average molecular weight is 347 g/mol. The number of carbonyl (C=O) groups is 3. The number of carbonyl (C=O) groups excluding carboxylic acids is 3. The summed E-state index contributed by atoms with van der Waals surface area (Å²) in [6.45, 7) is 1.99. The van der Waals surface area contributed by atoms with Crippen LogP contribution in [0.1, 0.15) is 24.8 Å². The number of likely N-dealkylation sites (tertiary alicyclic amines) is 1. The summed E-state index contributed by atoms with van der Waals surface area (Å²) in [5, 5.41) is 3.32. The molecule has 0 radical (unpaired) electrons.